The Labute approximate surface area is 133 Å². The molecule has 0 spiro atoms. The summed E-state index contributed by atoms with van der Waals surface area (Å²) in [7, 11) is 4.52. The Balaban J connectivity index is 1.50. The molecule has 0 aromatic carbocycles. The fourth-order valence-corrected chi connectivity index (χ4v) is 4.56. The third-order valence-corrected chi connectivity index (χ3v) is 5.93. The molecule has 21 heavy (non-hydrogen) atoms. The molecule has 3 nitrogen and oxygen atoms in total. The highest BCUT2D eigenvalue weighted by atomic mass is 32.1. The van der Waals surface area contributed by atoms with Crippen LogP contribution >= 0.6 is 11.3 Å². The number of likely N-dealkylation sites (N-methyl/N-ethyl adjacent to an activating group) is 2. The molecule has 0 amide bonds. The summed E-state index contributed by atoms with van der Waals surface area (Å²) in [6.07, 6.45) is 5.51. The monoisotopic (exact) mass is 307 g/mol. The first-order chi connectivity index (χ1) is 10.2. The van der Waals surface area contributed by atoms with Crippen LogP contribution in [-0.4, -0.2) is 61.0 Å². The molecule has 118 valence electrons. The molecule has 0 unspecified atom stereocenters. The van der Waals surface area contributed by atoms with Crippen LogP contribution in [0.1, 0.15) is 36.1 Å². The van der Waals surface area contributed by atoms with Gasteiger partial charge in [0.25, 0.3) is 0 Å². The van der Waals surface area contributed by atoms with Crippen molar-refractivity contribution >= 4 is 11.3 Å². The van der Waals surface area contributed by atoms with Crippen molar-refractivity contribution in [3.05, 3.63) is 21.9 Å². The van der Waals surface area contributed by atoms with Crippen LogP contribution in [0.4, 0.5) is 0 Å². The molecule has 0 saturated carbocycles. The van der Waals surface area contributed by atoms with Crippen LogP contribution in [-0.2, 0) is 13.1 Å². The van der Waals surface area contributed by atoms with Gasteiger partial charge in [0.2, 0.25) is 0 Å². The first-order valence-electron chi connectivity index (χ1n) is 8.38. The summed E-state index contributed by atoms with van der Waals surface area (Å²) in [5, 5.41) is 2.37. The summed E-state index contributed by atoms with van der Waals surface area (Å²) in [5.74, 6) is 0. The molecular weight excluding hydrogens is 278 g/mol. The third kappa shape index (κ3) is 4.28. The summed E-state index contributed by atoms with van der Waals surface area (Å²) in [4.78, 5) is 9.13. The molecule has 0 bridgehead atoms. The average Bonchev–Trinajstić information content (AvgIpc) is 3.09. The summed E-state index contributed by atoms with van der Waals surface area (Å²) in [6, 6.07) is 3.18. The van der Waals surface area contributed by atoms with Crippen LogP contribution in [0.25, 0.3) is 0 Å². The Morgan fingerprint density at radius 2 is 2.05 bits per heavy atom. The first-order valence-corrected chi connectivity index (χ1v) is 9.26. The fraction of sp³-hybridized carbons (Fsp3) is 0.765. The van der Waals surface area contributed by atoms with E-state index >= 15 is 0 Å². The van der Waals surface area contributed by atoms with Crippen molar-refractivity contribution in [3.8, 4) is 0 Å². The van der Waals surface area contributed by atoms with E-state index in [4.69, 9.17) is 0 Å². The van der Waals surface area contributed by atoms with Crippen molar-refractivity contribution in [2.24, 2.45) is 0 Å². The van der Waals surface area contributed by atoms with Crippen LogP contribution in [0.5, 0.6) is 0 Å². The predicted octanol–water partition coefficient (Wildman–Crippen LogP) is 2.87. The van der Waals surface area contributed by atoms with Crippen LogP contribution in [0.2, 0.25) is 0 Å². The van der Waals surface area contributed by atoms with E-state index in [0.717, 1.165) is 19.1 Å². The van der Waals surface area contributed by atoms with Crippen molar-refractivity contribution in [3.63, 3.8) is 0 Å². The van der Waals surface area contributed by atoms with E-state index in [1.165, 1.54) is 62.3 Å². The number of thiophene rings is 1. The van der Waals surface area contributed by atoms with Gasteiger partial charge in [0, 0.05) is 30.6 Å². The second kappa shape index (κ2) is 7.23. The molecule has 1 atom stereocenters. The predicted molar refractivity (Wildman–Crippen MR) is 90.8 cm³/mol. The maximum absolute atomic E-state index is 2.62. The highest BCUT2D eigenvalue weighted by Gasteiger charge is 2.23. The quantitative estimate of drug-likeness (QED) is 0.828. The van der Waals surface area contributed by atoms with E-state index in [1.807, 2.05) is 11.3 Å². The summed E-state index contributed by atoms with van der Waals surface area (Å²) < 4.78 is 0. The SMILES string of the molecule is CN1CC[C@H](N(C)Cc2cc(CN3CCCCC3)cs2)C1. The third-order valence-electron chi connectivity index (χ3n) is 4.96. The van der Waals surface area contributed by atoms with E-state index in [-0.39, 0.29) is 0 Å². The lowest BCUT2D eigenvalue weighted by Crippen LogP contribution is -2.33. The van der Waals surface area contributed by atoms with Gasteiger partial charge in [-0.2, -0.15) is 0 Å². The number of rotatable bonds is 5. The molecule has 3 rings (SSSR count). The summed E-state index contributed by atoms with van der Waals surface area (Å²) in [6.45, 7) is 7.33. The highest BCUT2D eigenvalue weighted by Crippen LogP contribution is 2.22. The Morgan fingerprint density at radius 3 is 2.76 bits per heavy atom. The van der Waals surface area contributed by atoms with Crippen LogP contribution in [0.3, 0.4) is 0 Å². The lowest BCUT2D eigenvalue weighted by Gasteiger charge is -2.26. The molecule has 0 radical (unpaired) electrons. The van der Waals surface area contributed by atoms with Crippen molar-refractivity contribution in [2.75, 3.05) is 40.3 Å². The number of nitrogens with zero attached hydrogens (tertiary/aromatic N) is 3. The van der Waals surface area contributed by atoms with Crippen LogP contribution in [0, 0.1) is 0 Å². The normalized spacial score (nSPS) is 25.0. The Bertz CT molecular complexity index is 439. The van der Waals surface area contributed by atoms with Gasteiger partial charge in [-0.05, 0) is 70.0 Å². The topological polar surface area (TPSA) is 9.72 Å². The van der Waals surface area contributed by atoms with Crippen molar-refractivity contribution in [2.45, 2.75) is 44.8 Å². The Kier molecular flexibility index (Phi) is 5.33. The highest BCUT2D eigenvalue weighted by molar-refractivity contribution is 7.10. The molecular formula is C17H29N3S. The van der Waals surface area contributed by atoms with Gasteiger partial charge in [0.15, 0.2) is 0 Å². The number of hydrogen-bond donors (Lipinski definition) is 0. The van der Waals surface area contributed by atoms with Gasteiger partial charge in [-0.3, -0.25) is 9.80 Å². The second-order valence-electron chi connectivity index (χ2n) is 6.88. The van der Waals surface area contributed by atoms with Gasteiger partial charge in [0.1, 0.15) is 0 Å². The second-order valence-corrected chi connectivity index (χ2v) is 7.87. The van der Waals surface area contributed by atoms with Crippen molar-refractivity contribution in [1.29, 1.82) is 0 Å². The average molecular weight is 308 g/mol. The zero-order chi connectivity index (χ0) is 14.7. The maximum Gasteiger partial charge on any atom is 0.0328 e. The smallest absolute Gasteiger partial charge is 0.0328 e. The van der Waals surface area contributed by atoms with E-state index in [9.17, 15) is 0 Å². The lowest BCUT2D eigenvalue weighted by atomic mass is 10.1. The van der Waals surface area contributed by atoms with Gasteiger partial charge in [0.05, 0.1) is 0 Å². The Morgan fingerprint density at radius 1 is 1.24 bits per heavy atom. The zero-order valence-corrected chi connectivity index (χ0v) is 14.4. The largest absolute Gasteiger partial charge is 0.305 e. The molecule has 2 aliphatic rings. The molecule has 0 N–H and O–H groups in total. The van der Waals surface area contributed by atoms with E-state index < -0.39 is 0 Å². The maximum atomic E-state index is 2.62. The minimum Gasteiger partial charge on any atom is -0.305 e. The molecule has 3 heterocycles. The van der Waals surface area contributed by atoms with E-state index in [0.29, 0.717) is 0 Å². The van der Waals surface area contributed by atoms with Gasteiger partial charge in [-0.1, -0.05) is 6.42 Å². The molecule has 1 aromatic heterocycles. The van der Waals surface area contributed by atoms with Gasteiger partial charge < -0.3 is 4.90 Å². The standard InChI is InChI=1S/C17H29N3S/c1-18-9-6-16(12-18)19(2)13-17-10-15(14-21-17)11-20-7-4-3-5-8-20/h10,14,16H,3-9,11-13H2,1-2H3/t16-/m0/s1. The minimum absolute atomic E-state index is 0.739. The molecule has 4 heteroatoms. The lowest BCUT2D eigenvalue weighted by molar-refractivity contribution is 0.220. The van der Waals surface area contributed by atoms with E-state index in [2.05, 4.69) is 40.2 Å². The molecule has 2 fully saturated rings. The molecule has 0 aliphatic carbocycles. The van der Waals surface area contributed by atoms with E-state index in [1.54, 1.807) is 0 Å². The van der Waals surface area contributed by atoms with Gasteiger partial charge >= 0.3 is 0 Å². The number of piperidine rings is 1. The fourth-order valence-electron chi connectivity index (χ4n) is 3.61. The number of likely N-dealkylation sites (tertiary alicyclic amines) is 2. The number of hydrogen-bond acceptors (Lipinski definition) is 4. The van der Waals surface area contributed by atoms with Crippen molar-refractivity contribution < 1.29 is 0 Å². The van der Waals surface area contributed by atoms with Crippen LogP contribution < -0.4 is 0 Å². The molecule has 2 aliphatic heterocycles. The first kappa shape index (κ1) is 15.5. The van der Waals surface area contributed by atoms with Gasteiger partial charge in [-0.15, -0.1) is 11.3 Å². The molecule has 1 aromatic rings. The molecule has 2 saturated heterocycles. The van der Waals surface area contributed by atoms with Crippen LogP contribution in [0.15, 0.2) is 11.4 Å². The van der Waals surface area contributed by atoms with Crippen molar-refractivity contribution in [1.82, 2.24) is 14.7 Å². The summed E-state index contributed by atoms with van der Waals surface area (Å²) >= 11 is 1.94. The minimum atomic E-state index is 0.739. The Hall–Kier alpha value is -0.420. The van der Waals surface area contributed by atoms with Gasteiger partial charge in [-0.25, -0.2) is 0 Å². The summed E-state index contributed by atoms with van der Waals surface area (Å²) in [5.41, 5.74) is 1.52. The zero-order valence-electron chi connectivity index (χ0n) is 13.6.